The van der Waals surface area contributed by atoms with Gasteiger partial charge in [0.2, 0.25) is 5.91 Å². The van der Waals surface area contributed by atoms with E-state index in [4.69, 9.17) is 9.57 Å². The van der Waals surface area contributed by atoms with Gasteiger partial charge in [-0.1, -0.05) is 29.8 Å². The van der Waals surface area contributed by atoms with E-state index in [1.54, 1.807) is 7.11 Å². The number of hydrogen-bond acceptors (Lipinski definition) is 5. The van der Waals surface area contributed by atoms with Crippen molar-refractivity contribution in [3.63, 3.8) is 0 Å². The second-order valence-electron chi connectivity index (χ2n) is 6.58. The molecule has 0 bridgehead atoms. The molecule has 0 atom stereocenters. The summed E-state index contributed by atoms with van der Waals surface area (Å²) >= 11 is 0. The molecule has 7 heteroatoms. The van der Waals surface area contributed by atoms with Crippen LogP contribution in [0, 0.1) is 0 Å². The molecule has 28 heavy (non-hydrogen) atoms. The van der Waals surface area contributed by atoms with Gasteiger partial charge in [0.05, 0.1) is 7.11 Å². The molecule has 7 nitrogen and oxygen atoms in total. The number of rotatable bonds is 11. The molecule has 3 rings (SSSR count). The summed E-state index contributed by atoms with van der Waals surface area (Å²) in [6.45, 7) is 0.602. The van der Waals surface area contributed by atoms with Crippen LogP contribution in [-0.2, 0) is 4.79 Å². The maximum atomic E-state index is 12.0. The Morgan fingerprint density at radius 3 is 2.57 bits per heavy atom. The van der Waals surface area contributed by atoms with Crippen molar-refractivity contribution in [3.8, 4) is 5.75 Å². The molecule has 1 N–H and O–H groups in total. The Balaban J connectivity index is 1.23. The third kappa shape index (κ3) is 5.70. The summed E-state index contributed by atoms with van der Waals surface area (Å²) in [5, 5.41) is 11.0. The van der Waals surface area contributed by atoms with Crippen LogP contribution < -0.4 is 14.9 Å². The lowest BCUT2D eigenvalue weighted by Gasteiger charge is -2.07. The number of methoxy groups -OCH3 is 1. The lowest BCUT2D eigenvalue weighted by molar-refractivity contribution is -0.116. The Hall–Kier alpha value is -3.09. The van der Waals surface area contributed by atoms with Gasteiger partial charge in [-0.05, 0) is 60.9 Å². The fourth-order valence-corrected chi connectivity index (χ4v) is 2.91. The number of nitrogens with zero attached hydrogens (tertiary/aromatic N) is 3. The van der Waals surface area contributed by atoms with Crippen molar-refractivity contribution < 1.29 is 14.4 Å². The fraction of sp³-hybridized carbons (Fsp3) is 0.381. The van der Waals surface area contributed by atoms with E-state index in [0.29, 0.717) is 13.0 Å². The maximum Gasteiger partial charge on any atom is 0.224 e. The number of carbonyl (C=O) groups is 1. The predicted octanol–water partition coefficient (Wildman–Crippen LogP) is 3.85. The van der Waals surface area contributed by atoms with Gasteiger partial charge in [0.1, 0.15) is 23.4 Å². The summed E-state index contributed by atoms with van der Waals surface area (Å²) in [5.41, 5.74) is 2.50. The van der Waals surface area contributed by atoms with Crippen LogP contribution in [0.3, 0.4) is 0 Å². The van der Waals surface area contributed by atoms with Gasteiger partial charge >= 0.3 is 0 Å². The molecule has 3 aromatic rings. The first kappa shape index (κ1) is 19.7. The summed E-state index contributed by atoms with van der Waals surface area (Å²) in [7, 11) is 1.62. The first-order chi connectivity index (χ1) is 13.8. The van der Waals surface area contributed by atoms with Gasteiger partial charge in [0.15, 0.2) is 0 Å². The molecule has 0 unspecified atom stereocenters. The quantitative estimate of drug-likeness (QED) is 0.510. The zero-order valence-electron chi connectivity index (χ0n) is 16.1. The minimum absolute atomic E-state index is 0.0477. The number of hydrogen-bond donors (Lipinski definition) is 1. The van der Waals surface area contributed by atoms with Gasteiger partial charge in [-0.2, -0.15) is 0 Å². The van der Waals surface area contributed by atoms with Crippen molar-refractivity contribution in [2.24, 2.45) is 0 Å². The van der Waals surface area contributed by atoms with E-state index >= 15 is 0 Å². The molecule has 1 amide bonds. The summed E-state index contributed by atoms with van der Waals surface area (Å²) < 4.78 is 5.10. The molecule has 1 heterocycles. The second kappa shape index (κ2) is 10.3. The van der Waals surface area contributed by atoms with E-state index in [1.165, 1.54) is 4.85 Å². The van der Waals surface area contributed by atoms with Crippen molar-refractivity contribution in [2.45, 2.75) is 38.5 Å². The van der Waals surface area contributed by atoms with Gasteiger partial charge in [-0.25, -0.2) is 0 Å². The molecule has 0 aliphatic carbocycles. The molecule has 148 valence electrons. The van der Waals surface area contributed by atoms with Crippen LogP contribution in [0.15, 0.2) is 48.5 Å². The van der Waals surface area contributed by atoms with Gasteiger partial charge in [0, 0.05) is 12.1 Å². The molecule has 0 saturated heterocycles. The van der Waals surface area contributed by atoms with Gasteiger partial charge < -0.3 is 14.9 Å². The van der Waals surface area contributed by atoms with Crippen LogP contribution in [0.4, 0.5) is 5.69 Å². The number of nitrogens with one attached hydrogen (secondary N) is 1. The highest BCUT2D eigenvalue weighted by atomic mass is 16.7. The van der Waals surface area contributed by atoms with Crippen molar-refractivity contribution >= 4 is 22.6 Å². The largest absolute Gasteiger partial charge is 0.497 e. The Morgan fingerprint density at radius 2 is 1.75 bits per heavy atom. The molecular formula is C21H26N4O3. The minimum atomic E-state index is 0.0477. The standard InChI is InChI=1S/C21H26N4O3/c1-27-18-14-12-17(13-15-18)22-21(26)11-5-3-2-4-8-16-28-25-20-10-7-6-9-19(20)23-24-25/h6-7,9-10,12-15H,2-5,8,11,16H2,1H3,(H,22,26). The topological polar surface area (TPSA) is 78.3 Å². The third-order valence-corrected chi connectivity index (χ3v) is 4.46. The number of carbonyl (C=O) groups excluding carboxylic acids is 1. The van der Waals surface area contributed by atoms with Crippen molar-refractivity contribution in [3.05, 3.63) is 48.5 Å². The van der Waals surface area contributed by atoms with Crippen LogP contribution in [0.2, 0.25) is 0 Å². The van der Waals surface area contributed by atoms with Crippen LogP contribution in [-0.4, -0.2) is 34.8 Å². The highest BCUT2D eigenvalue weighted by molar-refractivity contribution is 5.90. The molecule has 2 aromatic carbocycles. The highest BCUT2D eigenvalue weighted by Crippen LogP contribution is 2.15. The van der Waals surface area contributed by atoms with Crippen molar-refractivity contribution in [2.75, 3.05) is 19.0 Å². The SMILES string of the molecule is COc1ccc(NC(=O)CCCCCCCOn2nnc3ccccc32)cc1. The van der Waals surface area contributed by atoms with E-state index in [0.717, 1.165) is 54.6 Å². The number of anilines is 1. The Labute approximate surface area is 164 Å². The molecule has 0 radical (unpaired) electrons. The summed E-state index contributed by atoms with van der Waals surface area (Å²) in [4.78, 5) is 19.1. The monoisotopic (exact) mass is 382 g/mol. The van der Waals surface area contributed by atoms with Crippen LogP contribution >= 0.6 is 0 Å². The zero-order valence-corrected chi connectivity index (χ0v) is 16.1. The predicted molar refractivity (Wildman–Crippen MR) is 108 cm³/mol. The first-order valence-corrected chi connectivity index (χ1v) is 9.64. The van der Waals surface area contributed by atoms with E-state index in [9.17, 15) is 4.79 Å². The van der Waals surface area contributed by atoms with Gasteiger partial charge in [-0.15, -0.1) is 5.10 Å². The number of aromatic nitrogens is 3. The Kier molecular flexibility index (Phi) is 7.23. The van der Waals surface area contributed by atoms with E-state index < -0.39 is 0 Å². The van der Waals surface area contributed by atoms with Crippen LogP contribution in [0.5, 0.6) is 5.75 Å². The summed E-state index contributed by atoms with van der Waals surface area (Å²) in [6, 6.07) is 15.1. The lowest BCUT2D eigenvalue weighted by Crippen LogP contribution is -2.14. The second-order valence-corrected chi connectivity index (χ2v) is 6.58. The van der Waals surface area contributed by atoms with Crippen molar-refractivity contribution in [1.29, 1.82) is 0 Å². The molecule has 0 fully saturated rings. The number of fused-ring (bicyclic) bond motifs is 1. The van der Waals surface area contributed by atoms with E-state index in [-0.39, 0.29) is 5.91 Å². The molecule has 0 aliphatic heterocycles. The number of para-hydroxylation sites is 1. The minimum Gasteiger partial charge on any atom is -0.497 e. The zero-order chi connectivity index (χ0) is 19.6. The maximum absolute atomic E-state index is 12.0. The number of benzene rings is 2. The average molecular weight is 382 g/mol. The molecular weight excluding hydrogens is 356 g/mol. The Morgan fingerprint density at radius 1 is 1.00 bits per heavy atom. The van der Waals surface area contributed by atoms with Crippen molar-refractivity contribution in [1.82, 2.24) is 15.2 Å². The van der Waals surface area contributed by atoms with Crippen LogP contribution in [0.1, 0.15) is 38.5 Å². The number of unbranched alkanes of at least 4 members (excludes halogenated alkanes) is 4. The number of amides is 1. The normalized spacial score (nSPS) is 10.8. The lowest BCUT2D eigenvalue weighted by atomic mass is 10.1. The molecule has 0 aliphatic rings. The summed E-state index contributed by atoms with van der Waals surface area (Å²) in [6.07, 6.45) is 5.54. The van der Waals surface area contributed by atoms with E-state index in [2.05, 4.69) is 15.6 Å². The van der Waals surface area contributed by atoms with Gasteiger partial charge in [-0.3, -0.25) is 4.79 Å². The first-order valence-electron chi connectivity index (χ1n) is 9.64. The highest BCUT2D eigenvalue weighted by Gasteiger charge is 2.04. The molecule has 0 spiro atoms. The average Bonchev–Trinajstić information content (AvgIpc) is 3.14. The van der Waals surface area contributed by atoms with E-state index in [1.807, 2.05) is 48.5 Å². The number of ether oxygens (including phenoxy) is 1. The van der Waals surface area contributed by atoms with Gasteiger partial charge in [0.25, 0.3) is 0 Å². The molecule has 1 aromatic heterocycles. The smallest absolute Gasteiger partial charge is 0.224 e. The fourth-order valence-electron chi connectivity index (χ4n) is 2.91. The summed E-state index contributed by atoms with van der Waals surface area (Å²) in [5.74, 6) is 0.825. The van der Waals surface area contributed by atoms with Crippen LogP contribution in [0.25, 0.3) is 11.0 Å². The Bertz CT molecular complexity index is 877. The third-order valence-electron chi connectivity index (χ3n) is 4.46. The molecule has 0 saturated carbocycles.